The van der Waals surface area contributed by atoms with Crippen molar-refractivity contribution >= 4 is 8.07 Å². The van der Waals surface area contributed by atoms with Crippen LogP contribution in [0.1, 0.15) is 156 Å². The fraction of sp³-hybridized carbons (Fsp3) is 0.966. The van der Waals surface area contributed by atoms with Gasteiger partial charge in [0.15, 0.2) is 0 Å². The maximum atomic E-state index is 3.92. The summed E-state index contributed by atoms with van der Waals surface area (Å²) in [6.45, 7) is 11.3. The molecule has 0 aromatic heterocycles. The van der Waals surface area contributed by atoms with Crippen molar-refractivity contribution in [2.75, 3.05) is 0 Å². The molecule has 0 aliphatic carbocycles. The van der Waals surface area contributed by atoms with Crippen LogP contribution in [0.2, 0.25) is 24.2 Å². The van der Waals surface area contributed by atoms with E-state index in [0.29, 0.717) is 0 Å². The van der Waals surface area contributed by atoms with Gasteiger partial charge in [-0.2, -0.15) is 0 Å². The van der Waals surface area contributed by atoms with Crippen molar-refractivity contribution < 1.29 is 0 Å². The molecule has 0 spiro atoms. The Morgan fingerprint density at radius 2 is 0.600 bits per heavy atom. The molecule has 0 rings (SSSR count). The Balaban J connectivity index is 3.16. The van der Waals surface area contributed by atoms with Gasteiger partial charge >= 0.3 is 0 Å². The summed E-state index contributed by atoms with van der Waals surface area (Å²) in [6, 6.07) is 6.14. The lowest BCUT2D eigenvalue weighted by Gasteiger charge is -2.28. The first-order valence-electron chi connectivity index (χ1n) is 14.5. The first-order valence-corrected chi connectivity index (χ1v) is 17.4. The van der Waals surface area contributed by atoms with Crippen molar-refractivity contribution in [3.63, 3.8) is 0 Å². The molecule has 0 N–H and O–H groups in total. The Labute approximate surface area is 194 Å². The second-order valence-electron chi connectivity index (χ2n) is 10.2. The topological polar surface area (TPSA) is 0 Å². The van der Waals surface area contributed by atoms with Gasteiger partial charge in [0.1, 0.15) is 0 Å². The Morgan fingerprint density at radius 1 is 0.367 bits per heavy atom. The number of hydrogen-bond donors (Lipinski definition) is 0. The zero-order chi connectivity index (χ0) is 22.2. The molecule has 0 bridgehead atoms. The largest absolute Gasteiger partial charge is 0.0678 e. The summed E-state index contributed by atoms with van der Waals surface area (Å²) in [5.41, 5.74) is 0. The zero-order valence-electron chi connectivity index (χ0n) is 21.9. The summed E-state index contributed by atoms with van der Waals surface area (Å²) >= 11 is 0. The molecular weight excluding hydrogens is 376 g/mol. The van der Waals surface area contributed by atoms with E-state index in [1.165, 1.54) is 147 Å². The highest BCUT2D eigenvalue weighted by Gasteiger charge is 2.25. The number of rotatable bonds is 25. The quantitative estimate of drug-likeness (QED) is 0.0983. The van der Waals surface area contributed by atoms with E-state index in [1.54, 1.807) is 6.04 Å². The zero-order valence-corrected chi connectivity index (χ0v) is 22.9. The van der Waals surface area contributed by atoms with E-state index in [2.05, 4.69) is 27.7 Å². The van der Waals surface area contributed by atoms with Gasteiger partial charge in [-0.05, 0) is 0 Å². The maximum absolute atomic E-state index is 3.92. The molecule has 0 saturated carbocycles. The molecule has 0 aliphatic heterocycles. The lowest BCUT2D eigenvalue weighted by molar-refractivity contribution is 0.522. The Hall–Kier alpha value is 0.217. The lowest BCUT2D eigenvalue weighted by atomic mass is 10.0. The van der Waals surface area contributed by atoms with Crippen LogP contribution in [0.15, 0.2) is 0 Å². The summed E-state index contributed by atoms with van der Waals surface area (Å²) in [5.74, 6) is 0. The molecule has 0 atom stereocenters. The Morgan fingerprint density at radius 3 is 0.833 bits per heavy atom. The highest BCUT2D eigenvalue weighted by atomic mass is 28.3. The lowest BCUT2D eigenvalue weighted by Crippen LogP contribution is -2.30. The van der Waals surface area contributed by atoms with Crippen molar-refractivity contribution in [2.45, 2.75) is 180 Å². The molecule has 0 aromatic carbocycles. The van der Waals surface area contributed by atoms with Crippen LogP contribution >= 0.6 is 0 Å². The summed E-state index contributed by atoms with van der Waals surface area (Å²) in [7, 11) is -0.834. The van der Waals surface area contributed by atoms with Crippen molar-refractivity contribution in [3.8, 4) is 0 Å². The fourth-order valence-corrected chi connectivity index (χ4v) is 8.70. The molecule has 0 aromatic rings. The van der Waals surface area contributed by atoms with Gasteiger partial charge in [-0.3, -0.25) is 0 Å². The maximum Gasteiger partial charge on any atom is 0.0527 e. The van der Waals surface area contributed by atoms with E-state index in [1.807, 2.05) is 0 Å². The van der Waals surface area contributed by atoms with E-state index in [0.717, 1.165) is 6.42 Å². The van der Waals surface area contributed by atoms with Gasteiger partial charge in [0.05, 0.1) is 8.07 Å². The van der Waals surface area contributed by atoms with Crippen molar-refractivity contribution in [1.82, 2.24) is 0 Å². The molecule has 181 valence electrons. The van der Waals surface area contributed by atoms with Crippen LogP contribution in [0.5, 0.6) is 0 Å². The van der Waals surface area contributed by atoms with Crippen LogP contribution in [0.4, 0.5) is 0 Å². The normalized spacial score (nSPS) is 12.0. The molecular formula is C29H61Si. The van der Waals surface area contributed by atoms with E-state index >= 15 is 0 Å². The summed E-state index contributed by atoms with van der Waals surface area (Å²) < 4.78 is 0. The van der Waals surface area contributed by atoms with Gasteiger partial charge in [0, 0.05) is 0 Å². The minimum absolute atomic E-state index is 0.834. The summed E-state index contributed by atoms with van der Waals surface area (Å²) in [5, 5.41) is 0. The monoisotopic (exact) mass is 437 g/mol. The van der Waals surface area contributed by atoms with Crippen molar-refractivity contribution in [3.05, 3.63) is 6.92 Å². The highest BCUT2D eigenvalue weighted by molar-refractivity contribution is 6.79. The molecule has 0 unspecified atom stereocenters. The van der Waals surface area contributed by atoms with Crippen LogP contribution in [0.25, 0.3) is 0 Å². The molecule has 0 aliphatic rings. The molecule has 30 heavy (non-hydrogen) atoms. The average Bonchev–Trinajstić information content (AvgIpc) is 2.78. The predicted molar refractivity (Wildman–Crippen MR) is 144 cm³/mol. The van der Waals surface area contributed by atoms with Crippen LogP contribution in [-0.4, -0.2) is 8.07 Å². The van der Waals surface area contributed by atoms with E-state index in [-0.39, 0.29) is 0 Å². The van der Waals surface area contributed by atoms with Gasteiger partial charge in [0.25, 0.3) is 0 Å². The number of unbranched alkanes of at least 4 members (excludes halogenated alkanes) is 20. The van der Waals surface area contributed by atoms with Crippen LogP contribution in [0.3, 0.4) is 0 Å². The first kappa shape index (κ1) is 30.2. The second kappa shape index (κ2) is 23.9. The standard InChI is InChI=1S/C29H61Si/c1-5-9-10-11-12-13-14-15-16-17-18-19-20-21-22-23-24-25-26-27-28-29-30(6-2,7-3)8-4/h1,5-29H2,2-4H3. The van der Waals surface area contributed by atoms with Crippen molar-refractivity contribution in [2.24, 2.45) is 0 Å². The van der Waals surface area contributed by atoms with E-state index in [9.17, 15) is 0 Å². The average molecular weight is 438 g/mol. The highest BCUT2D eigenvalue weighted by Crippen LogP contribution is 2.27. The first-order chi connectivity index (χ1) is 14.7. The van der Waals surface area contributed by atoms with Crippen LogP contribution in [-0.2, 0) is 0 Å². The van der Waals surface area contributed by atoms with E-state index in [4.69, 9.17) is 0 Å². The molecule has 0 heterocycles. The third-order valence-electron chi connectivity index (χ3n) is 7.96. The molecule has 0 saturated heterocycles. The molecule has 0 nitrogen and oxygen atoms in total. The Bertz CT molecular complexity index is 299. The second-order valence-corrected chi connectivity index (χ2v) is 15.9. The Kier molecular flexibility index (Phi) is 24.0. The van der Waals surface area contributed by atoms with Gasteiger partial charge < -0.3 is 0 Å². The smallest absolute Gasteiger partial charge is 0.0527 e. The molecule has 1 heteroatoms. The van der Waals surface area contributed by atoms with E-state index < -0.39 is 8.07 Å². The minimum atomic E-state index is -0.834. The molecule has 0 amide bonds. The van der Waals surface area contributed by atoms with Gasteiger partial charge in [-0.25, -0.2) is 0 Å². The van der Waals surface area contributed by atoms with Crippen LogP contribution in [0, 0.1) is 6.92 Å². The molecule has 1 radical (unpaired) electrons. The van der Waals surface area contributed by atoms with Gasteiger partial charge in [-0.15, -0.1) is 0 Å². The predicted octanol–water partition coefficient (Wildman–Crippen LogP) is 11.5. The van der Waals surface area contributed by atoms with Crippen molar-refractivity contribution in [1.29, 1.82) is 0 Å². The summed E-state index contributed by atoms with van der Waals surface area (Å²) in [4.78, 5) is 0. The van der Waals surface area contributed by atoms with Gasteiger partial charge in [0.2, 0.25) is 0 Å². The van der Waals surface area contributed by atoms with Crippen LogP contribution < -0.4 is 0 Å². The van der Waals surface area contributed by atoms with Gasteiger partial charge in [-0.1, -0.05) is 187 Å². The fourth-order valence-electron chi connectivity index (χ4n) is 5.14. The summed E-state index contributed by atoms with van der Waals surface area (Å²) in [6.07, 6.45) is 30.6. The third-order valence-corrected chi connectivity index (χ3v) is 13.9. The number of hydrogen-bond acceptors (Lipinski definition) is 0. The minimum Gasteiger partial charge on any atom is -0.0678 e. The molecule has 0 fully saturated rings. The SMILES string of the molecule is [CH2]CCCCCCCCCCCCCCCCCCCCCC[Si](CC)(CC)CC. The third kappa shape index (κ3) is 18.9.